The predicted octanol–water partition coefficient (Wildman–Crippen LogP) is 14.1. The van der Waals surface area contributed by atoms with Crippen LogP contribution < -0.4 is 10.6 Å². The van der Waals surface area contributed by atoms with E-state index in [0.29, 0.717) is 36.1 Å². The zero-order valence-electron chi connectivity index (χ0n) is 47.7. The molecule has 4 N–H and O–H groups in total. The van der Waals surface area contributed by atoms with Gasteiger partial charge in [0.05, 0.1) is 79.8 Å². The summed E-state index contributed by atoms with van der Waals surface area (Å²) in [5.74, 6) is 3.82. The summed E-state index contributed by atoms with van der Waals surface area (Å²) in [4.78, 5) is 66.0. The van der Waals surface area contributed by atoms with Crippen LogP contribution in [-0.4, -0.2) is 108 Å². The Morgan fingerprint density at radius 3 is 1.70 bits per heavy atom. The molecule has 4 bridgehead atoms. The lowest BCUT2D eigenvalue weighted by molar-refractivity contribution is -0.111. The van der Waals surface area contributed by atoms with E-state index < -0.39 is 12.2 Å². The van der Waals surface area contributed by atoms with Crippen molar-refractivity contribution < 1.29 is 33.4 Å². The standard InChI is InChI=1S/C41H44N6OS.C10H17NO3.C6H12.C4H7NO3.C2H6/c1-46-17-3-5-30(46)40-42-20-28(44-40)26-11-9-25(38-32-13-14-33(48-32)39(26)38)24-10-12-27(37-23-8-7-22(19-23)36(24)37)34-15-16-35(49-34)29-21-43-41(45-29)31-6-4-18-47(31)2;1-14-10(13)11-9(7-12)8-5-3-2-4-6-8;1-2-4-6-5-3-1;1-8-4(7)5-2-3-6;1-2/h9-12,15-16,20-23,30-33H,3-8,13-14,17-19H2,1-2H3,(H,42,44)(H,43,45);7-9H,2-6H2,1H3,(H,11,13);1-6H2;3H,2H2,1H3,(H,5,7);1-2H3/t22?,23?,30?,31-,32?,33?;;;;/m0..../s1. The number of nitrogens with one attached hydrogen (secondary N) is 4. The molecule has 0 spiro atoms. The SMILES string of the molecule is C1CCCCC1.CC.CN1CCCC1c1ncc(-c2ccc(-c3ccc(-c4ccc(-c5cnc([C@@H]6CCCN6C)[nH]5)s4)c4c3C3CCC4C3)c3c2C2CCC3O2)[nH]1.COC(=O)NC(C=O)C1CCCCC1.COC(=O)NCC=O. The molecule has 16 heteroatoms. The largest absolute Gasteiger partial charge is 0.453 e. The van der Waals surface area contributed by atoms with Gasteiger partial charge in [-0.1, -0.05) is 95.9 Å². The number of hydrogen-bond donors (Lipinski definition) is 4. The highest BCUT2D eigenvalue weighted by atomic mass is 32.1. The van der Waals surface area contributed by atoms with E-state index in [-0.39, 0.29) is 24.8 Å². The zero-order valence-corrected chi connectivity index (χ0v) is 48.5. The first-order valence-electron chi connectivity index (χ1n) is 29.8. The molecule has 2 aromatic carbocycles. The van der Waals surface area contributed by atoms with Crippen molar-refractivity contribution in [1.29, 1.82) is 0 Å². The smallest absolute Gasteiger partial charge is 0.407 e. The number of imidazole rings is 2. The zero-order chi connectivity index (χ0) is 55.4. The summed E-state index contributed by atoms with van der Waals surface area (Å²) in [6.07, 6.45) is 30.3. The monoisotopic (exact) mass is 1100 g/mol. The number of alkyl carbamates (subject to hydrolysis) is 2. The summed E-state index contributed by atoms with van der Waals surface area (Å²) >= 11 is 1.91. The van der Waals surface area contributed by atoms with Crippen molar-refractivity contribution >= 4 is 36.1 Å². The molecule has 5 aromatic rings. The van der Waals surface area contributed by atoms with Crippen molar-refractivity contribution in [2.24, 2.45) is 5.92 Å². The van der Waals surface area contributed by atoms with Gasteiger partial charge in [0.25, 0.3) is 0 Å². The van der Waals surface area contributed by atoms with E-state index in [9.17, 15) is 19.2 Å². The molecule has 7 heterocycles. The van der Waals surface area contributed by atoms with Gasteiger partial charge < -0.3 is 44.4 Å². The van der Waals surface area contributed by atoms with Gasteiger partial charge in [-0.15, -0.1) is 11.3 Å². The lowest BCUT2D eigenvalue weighted by atomic mass is 9.78. The number of rotatable bonds is 11. The average molecular weight is 1100 g/mol. The summed E-state index contributed by atoms with van der Waals surface area (Å²) in [5, 5.41) is 4.71. The lowest BCUT2D eigenvalue weighted by Gasteiger charge is -2.26. The number of hydrogen-bond acceptors (Lipinski definition) is 12. The Balaban J connectivity index is 0.000000207. The van der Waals surface area contributed by atoms with E-state index in [2.05, 4.69) is 96.6 Å². The predicted molar refractivity (Wildman–Crippen MR) is 312 cm³/mol. The van der Waals surface area contributed by atoms with Crippen molar-refractivity contribution in [1.82, 2.24) is 40.4 Å². The first-order valence-corrected chi connectivity index (χ1v) is 30.6. The first-order chi connectivity index (χ1) is 38.7. The van der Waals surface area contributed by atoms with Crippen LogP contribution in [-0.2, 0) is 23.8 Å². The highest BCUT2D eigenvalue weighted by Crippen LogP contribution is 2.62. The number of carbonyl (C=O) groups excluding carboxylic acids is 4. The molecular formula is C63H86N8O7S. The Bertz CT molecular complexity index is 2820. The number of aromatic nitrogens is 4. The molecule has 426 valence electrons. The van der Waals surface area contributed by atoms with Crippen LogP contribution in [0.1, 0.15) is 212 Å². The second-order valence-corrected chi connectivity index (χ2v) is 23.6. The highest BCUT2D eigenvalue weighted by Gasteiger charge is 2.45. The fourth-order valence-electron chi connectivity index (χ4n) is 14.0. The molecule has 6 unspecified atom stereocenters. The maximum absolute atomic E-state index is 10.9. The summed E-state index contributed by atoms with van der Waals surface area (Å²) < 4.78 is 15.3. The van der Waals surface area contributed by atoms with Crippen molar-refractivity contribution in [3.63, 3.8) is 0 Å². The number of nitrogens with zero attached hydrogens (tertiary/aromatic N) is 4. The molecule has 7 atom stereocenters. The first kappa shape index (κ1) is 58.0. The Morgan fingerprint density at radius 1 is 0.633 bits per heavy atom. The van der Waals surface area contributed by atoms with E-state index in [0.717, 1.165) is 80.9 Å². The van der Waals surface area contributed by atoms with Gasteiger partial charge in [-0.05, 0) is 167 Å². The minimum atomic E-state index is -0.586. The van der Waals surface area contributed by atoms with Gasteiger partial charge in [0.1, 0.15) is 24.2 Å². The number of ether oxygens (including phenoxy) is 3. The number of benzene rings is 2. The Labute approximate surface area is 472 Å². The molecule has 6 fully saturated rings. The number of amides is 2. The molecule has 15 nitrogen and oxygen atoms in total. The minimum absolute atomic E-state index is 0.00662. The van der Waals surface area contributed by atoms with Gasteiger partial charge in [0, 0.05) is 10.4 Å². The number of aromatic amines is 2. The molecule has 4 aliphatic heterocycles. The molecule has 4 aliphatic carbocycles. The van der Waals surface area contributed by atoms with Crippen molar-refractivity contribution in [2.45, 2.75) is 184 Å². The molecule has 8 aliphatic rings. The molecule has 3 saturated heterocycles. The van der Waals surface area contributed by atoms with Crippen molar-refractivity contribution in [3.8, 4) is 43.4 Å². The Hall–Kier alpha value is -5.68. The Kier molecular flexibility index (Phi) is 20.3. The third-order valence-electron chi connectivity index (χ3n) is 17.9. The Morgan fingerprint density at radius 2 is 1.14 bits per heavy atom. The number of H-pyrrole nitrogens is 2. The van der Waals surface area contributed by atoms with Crippen molar-refractivity contribution in [2.75, 3.05) is 47.9 Å². The topological polar surface area (TPSA) is 184 Å². The van der Waals surface area contributed by atoms with Crippen molar-refractivity contribution in [3.05, 3.63) is 82.7 Å². The number of likely N-dealkylation sites (tertiary alicyclic amines) is 2. The van der Waals surface area contributed by atoms with E-state index in [4.69, 9.17) is 14.7 Å². The number of aldehydes is 2. The van der Waals surface area contributed by atoms with Crippen LogP contribution >= 0.6 is 11.3 Å². The maximum Gasteiger partial charge on any atom is 0.407 e. The molecule has 0 radical (unpaired) electrons. The van der Waals surface area contributed by atoms with Gasteiger partial charge in [-0.3, -0.25) is 9.80 Å². The van der Waals surface area contributed by atoms with Crippen LogP contribution in [0.3, 0.4) is 0 Å². The van der Waals surface area contributed by atoms with Crippen LogP contribution in [0.2, 0.25) is 0 Å². The molecule has 3 saturated carbocycles. The van der Waals surface area contributed by atoms with Gasteiger partial charge in [-0.2, -0.15) is 0 Å². The summed E-state index contributed by atoms with van der Waals surface area (Å²) in [6, 6.07) is 14.8. The van der Waals surface area contributed by atoms with E-state index in [1.54, 1.807) is 11.1 Å². The maximum atomic E-state index is 10.9. The van der Waals surface area contributed by atoms with Crippen LogP contribution in [0.15, 0.2) is 48.8 Å². The highest BCUT2D eigenvalue weighted by molar-refractivity contribution is 7.18. The number of thiophene rings is 1. The van der Waals surface area contributed by atoms with Crippen LogP contribution in [0, 0.1) is 5.92 Å². The third kappa shape index (κ3) is 13.1. The van der Waals surface area contributed by atoms with Crippen LogP contribution in [0.5, 0.6) is 0 Å². The van der Waals surface area contributed by atoms with Gasteiger partial charge >= 0.3 is 12.2 Å². The molecule has 3 aromatic heterocycles. The molecule has 2 amide bonds. The average Bonchev–Trinajstić information content (AvgIpc) is 4.51. The summed E-state index contributed by atoms with van der Waals surface area (Å²) in [5.41, 5.74) is 14.0. The lowest BCUT2D eigenvalue weighted by Crippen LogP contribution is -2.42. The summed E-state index contributed by atoms with van der Waals surface area (Å²) in [6.45, 7) is 6.30. The molecular weight excluding hydrogens is 1010 g/mol. The second kappa shape index (κ2) is 27.7. The van der Waals surface area contributed by atoms with E-state index >= 15 is 0 Å². The summed E-state index contributed by atoms with van der Waals surface area (Å²) in [7, 11) is 6.97. The second-order valence-electron chi connectivity index (χ2n) is 22.5. The normalized spacial score (nSPS) is 24.0. The van der Waals surface area contributed by atoms with Gasteiger partial charge in [0.2, 0.25) is 0 Å². The third-order valence-corrected chi connectivity index (χ3v) is 19.0. The fourth-order valence-corrected chi connectivity index (χ4v) is 15.0. The minimum Gasteiger partial charge on any atom is -0.453 e. The number of fused-ring (bicyclic) bond motifs is 10. The molecule has 13 rings (SSSR count). The number of methoxy groups -OCH3 is 2. The van der Waals surface area contributed by atoms with E-state index in [1.807, 2.05) is 31.4 Å². The van der Waals surface area contributed by atoms with E-state index in [1.165, 1.54) is 147 Å². The molecule has 79 heavy (non-hydrogen) atoms. The quantitative estimate of drug-likeness (QED) is 0.0923. The van der Waals surface area contributed by atoms with Crippen LogP contribution in [0.25, 0.3) is 43.4 Å². The number of carbonyl (C=O) groups is 4. The van der Waals surface area contributed by atoms with Crippen LogP contribution in [0.4, 0.5) is 9.59 Å². The van der Waals surface area contributed by atoms with Gasteiger partial charge in [0.15, 0.2) is 0 Å². The van der Waals surface area contributed by atoms with Gasteiger partial charge in [-0.25, -0.2) is 19.6 Å². The fraction of sp³-hybridized carbons (Fsp3) is 0.587.